The van der Waals surface area contributed by atoms with Gasteiger partial charge in [-0.3, -0.25) is 5.10 Å². The lowest BCUT2D eigenvalue weighted by molar-refractivity contribution is 0.942. The maximum atomic E-state index is 4.77. The van der Waals surface area contributed by atoms with Crippen LogP contribution in [0.15, 0.2) is 58.3 Å². The fourth-order valence-corrected chi connectivity index (χ4v) is 3.75. The number of hydrogen-bond acceptors (Lipinski definition) is 6. The van der Waals surface area contributed by atoms with Crippen LogP contribution in [0.25, 0.3) is 0 Å². The van der Waals surface area contributed by atoms with Crippen molar-refractivity contribution in [3.8, 4) is 0 Å². The van der Waals surface area contributed by atoms with Crippen molar-refractivity contribution in [3.63, 3.8) is 0 Å². The van der Waals surface area contributed by atoms with Crippen LogP contribution >= 0.6 is 23.5 Å². The molecule has 0 unspecified atom stereocenters. The van der Waals surface area contributed by atoms with Gasteiger partial charge < -0.3 is 10.2 Å². The van der Waals surface area contributed by atoms with Gasteiger partial charge in [-0.25, -0.2) is 4.98 Å². The van der Waals surface area contributed by atoms with Gasteiger partial charge in [0.05, 0.1) is 0 Å². The zero-order chi connectivity index (χ0) is 18.4. The lowest BCUT2D eigenvalue weighted by Gasteiger charge is -2.19. The zero-order valence-electron chi connectivity index (χ0n) is 15.2. The lowest BCUT2D eigenvalue weighted by atomic mass is 10.4. The van der Waals surface area contributed by atoms with Gasteiger partial charge >= 0.3 is 0 Å². The third-order valence-corrected chi connectivity index (χ3v) is 5.32. The predicted molar refractivity (Wildman–Crippen MR) is 113 cm³/mol. The molecule has 0 amide bonds. The van der Waals surface area contributed by atoms with Crippen molar-refractivity contribution in [3.05, 3.63) is 54.2 Å². The van der Waals surface area contributed by atoms with Crippen molar-refractivity contribution in [2.75, 3.05) is 35.8 Å². The van der Waals surface area contributed by atoms with E-state index < -0.39 is 0 Å². The fraction of sp³-hybridized carbons (Fsp3) is 0.263. The number of aromatic amines is 1. The van der Waals surface area contributed by atoms with Crippen LogP contribution in [0.3, 0.4) is 0 Å². The summed E-state index contributed by atoms with van der Waals surface area (Å²) in [6.45, 7) is 2.93. The average Bonchev–Trinajstić information content (AvgIpc) is 3.05. The summed E-state index contributed by atoms with van der Waals surface area (Å²) in [7, 11) is 2.08. The van der Waals surface area contributed by atoms with Gasteiger partial charge in [0.2, 0.25) is 0 Å². The predicted octanol–water partition coefficient (Wildman–Crippen LogP) is 4.81. The second-order valence-electron chi connectivity index (χ2n) is 5.94. The Balaban J connectivity index is 1.87. The molecule has 3 aromatic rings. The second-order valence-corrected chi connectivity index (χ2v) is 8.07. The van der Waals surface area contributed by atoms with E-state index in [9.17, 15) is 0 Å². The molecule has 0 radical (unpaired) electrons. The van der Waals surface area contributed by atoms with Crippen LogP contribution in [0.1, 0.15) is 5.69 Å². The van der Waals surface area contributed by atoms with Crippen LogP contribution in [0.2, 0.25) is 0 Å². The first-order valence-corrected chi connectivity index (χ1v) is 10.6. The molecule has 3 rings (SSSR count). The number of nitrogens with one attached hydrogen (secondary N) is 2. The minimum atomic E-state index is 0.773. The van der Waals surface area contributed by atoms with E-state index in [-0.39, 0.29) is 0 Å². The summed E-state index contributed by atoms with van der Waals surface area (Å²) in [6, 6.07) is 16.5. The van der Waals surface area contributed by atoms with Crippen molar-refractivity contribution in [2.45, 2.75) is 16.7 Å². The maximum Gasteiger partial charge on any atom is 0.153 e. The van der Waals surface area contributed by atoms with E-state index in [0.717, 1.165) is 40.3 Å². The molecule has 0 aliphatic heterocycles. The Morgan fingerprint density at radius 1 is 1.08 bits per heavy atom. The molecule has 1 aromatic carbocycles. The monoisotopic (exact) mass is 385 g/mol. The number of pyridine rings is 1. The van der Waals surface area contributed by atoms with E-state index in [1.165, 1.54) is 4.90 Å². The third-order valence-electron chi connectivity index (χ3n) is 3.75. The van der Waals surface area contributed by atoms with E-state index in [0.29, 0.717) is 0 Å². The molecule has 0 saturated heterocycles. The number of benzene rings is 1. The maximum absolute atomic E-state index is 4.77. The van der Waals surface area contributed by atoms with Crippen LogP contribution in [0.5, 0.6) is 0 Å². The van der Waals surface area contributed by atoms with Gasteiger partial charge in [0.25, 0.3) is 0 Å². The minimum Gasteiger partial charge on any atom is -0.359 e. The van der Waals surface area contributed by atoms with Crippen LogP contribution < -0.4 is 10.2 Å². The molecule has 0 spiro atoms. The Kier molecular flexibility index (Phi) is 6.46. The molecule has 0 aliphatic rings. The second kappa shape index (κ2) is 9.00. The Labute approximate surface area is 163 Å². The molecule has 0 atom stereocenters. The SMILES string of the molecule is CSCCN(C)c1cc(Sc2ccccc2)cc(Nc2cc(C)[nH]n2)n1. The molecule has 26 heavy (non-hydrogen) atoms. The Morgan fingerprint density at radius 3 is 2.58 bits per heavy atom. The Morgan fingerprint density at radius 2 is 1.88 bits per heavy atom. The smallest absolute Gasteiger partial charge is 0.153 e. The lowest BCUT2D eigenvalue weighted by Crippen LogP contribution is -2.21. The number of aromatic nitrogens is 3. The summed E-state index contributed by atoms with van der Waals surface area (Å²) in [5.41, 5.74) is 1.01. The normalized spacial score (nSPS) is 10.7. The summed E-state index contributed by atoms with van der Waals surface area (Å²) >= 11 is 3.57. The van der Waals surface area contributed by atoms with Gasteiger partial charge in [0.1, 0.15) is 11.6 Å². The molecule has 2 aromatic heterocycles. The highest BCUT2D eigenvalue weighted by atomic mass is 32.2. The van der Waals surface area contributed by atoms with E-state index in [4.69, 9.17) is 4.98 Å². The molecule has 5 nitrogen and oxygen atoms in total. The number of hydrogen-bond donors (Lipinski definition) is 2. The van der Waals surface area contributed by atoms with Gasteiger partial charge in [0, 0.05) is 40.9 Å². The third kappa shape index (κ3) is 5.19. The van der Waals surface area contributed by atoms with Crippen molar-refractivity contribution in [1.29, 1.82) is 0 Å². The fourth-order valence-electron chi connectivity index (χ4n) is 2.39. The number of thioether (sulfide) groups is 1. The van der Waals surface area contributed by atoms with Crippen LogP contribution in [-0.4, -0.2) is 40.8 Å². The standard InChI is InChI=1S/C19H23N5S2/c1-14-11-18(23-22-14)20-17-12-16(26-15-7-5-4-6-8-15)13-19(21-17)24(2)9-10-25-3/h4-8,11-13H,9-10H2,1-3H3,(H2,20,21,22,23). The highest BCUT2D eigenvalue weighted by molar-refractivity contribution is 7.99. The Bertz CT molecular complexity index is 835. The van der Waals surface area contributed by atoms with Crippen LogP contribution in [-0.2, 0) is 0 Å². The zero-order valence-corrected chi connectivity index (χ0v) is 16.8. The molecule has 0 saturated carbocycles. The quantitative estimate of drug-likeness (QED) is 0.580. The molecule has 2 N–H and O–H groups in total. The van der Waals surface area contributed by atoms with E-state index in [1.807, 2.05) is 30.8 Å². The molecule has 2 heterocycles. The van der Waals surface area contributed by atoms with Gasteiger partial charge in [-0.2, -0.15) is 16.9 Å². The first-order chi connectivity index (χ1) is 12.6. The highest BCUT2D eigenvalue weighted by Gasteiger charge is 2.10. The molecule has 0 aliphatic carbocycles. The van der Waals surface area contributed by atoms with Gasteiger partial charge in [-0.15, -0.1) is 0 Å². The van der Waals surface area contributed by atoms with Crippen molar-refractivity contribution >= 4 is 41.0 Å². The summed E-state index contributed by atoms with van der Waals surface area (Å²) in [5.74, 6) is 3.59. The number of anilines is 3. The number of rotatable bonds is 8. The molecule has 7 heteroatoms. The number of nitrogens with zero attached hydrogens (tertiary/aromatic N) is 3. The molecule has 0 fully saturated rings. The molecule has 0 bridgehead atoms. The number of H-pyrrole nitrogens is 1. The van der Waals surface area contributed by atoms with E-state index >= 15 is 0 Å². The summed E-state index contributed by atoms with van der Waals surface area (Å²) in [4.78, 5) is 9.31. The van der Waals surface area contributed by atoms with Crippen molar-refractivity contribution < 1.29 is 0 Å². The highest BCUT2D eigenvalue weighted by Crippen LogP contribution is 2.32. The van der Waals surface area contributed by atoms with Crippen LogP contribution in [0.4, 0.5) is 17.5 Å². The van der Waals surface area contributed by atoms with Gasteiger partial charge in [-0.1, -0.05) is 30.0 Å². The van der Waals surface area contributed by atoms with Crippen molar-refractivity contribution in [2.24, 2.45) is 0 Å². The van der Waals surface area contributed by atoms with E-state index in [2.05, 4.69) is 70.1 Å². The van der Waals surface area contributed by atoms with Crippen molar-refractivity contribution in [1.82, 2.24) is 15.2 Å². The van der Waals surface area contributed by atoms with E-state index in [1.54, 1.807) is 11.8 Å². The molecule has 136 valence electrons. The summed E-state index contributed by atoms with van der Waals surface area (Å²) in [6.07, 6.45) is 2.12. The van der Waals surface area contributed by atoms with Gasteiger partial charge in [0.15, 0.2) is 5.82 Å². The molecular formula is C19H23N5S2. The molecular weight excluding hydrogens is 362 g/mol. The minimum absolute atomic E-state index is 0.773. The average molecular weight is 386 g/mol. The largest absolute Gasteiger partial charge is 0.359 e. The topological polar surface area (TPSA) is 56.8 Å². The first-order valence-electron chi connectivity index (χ1n) is 8.38. The summed E-state index contributed by atoms with van der Waals surface area (Å²) in [5, 5.41) is 10.5. The number of aryl methyl sites for hydroxylation is 1. The Hall–Kier alpha value is -2.12. The first kappa shape index (κ1) is 18.7. The van der Waals surface area contributed by atoms with Crippen LogP contribution in [0, 0.1) is 6.92 Å². The summed E-state index contributed by atoms with van der Waals surface area (Å²) < 4.78 is 0. The van der Waals surface area contributed by atoms with Gasteiger partial charge in [-0.05, 0) is 37.4 Å².